The molecule has 1 rings (SSSR count). The van der Waals surface area contributed by atoms with E-state index in [4.69, 9.17) is 4.74 Å². The van der Waals surface area contributed by atoms with Gasteiger partial charge < -0.3 is 15.2 Å². The minimum Gasteiger partial charge on any atom is -0.495 e. The molecule has 0 aliphatic heterocycles. The number of carbonyl (C=O) groups is 1. The summed E-state index contributed by atoms with van der Waals surface area (Å²) >= 11 is 0. The van der Waals surface area contributed by atoms with Crippen molar-refractivity contribution < 1.29 is 14.6 Å². The molecule has 0 amide bonds. The van der Waals surface area contributed by atoms with Crippen LogP contribution in [0.2, 0.25) is 0 Å². The maximum Gasteiger partial charge on any atom is 0.326 e. The highest BCUT2D eigenvalue weighted by Crippen LogP contribution is 2.25. The zero-order chi connectivity index (χ0) is 12.8. The molecule has 0 heterocycles. The smallest absolute Gasteiger partial charge is 0.326 e. The molecule has 0 aromatic heterocycles. The number of carboxylic acids is 1. The molecule has 2 atom stereocenters. The molecule has 0 fully saturated rings. The number of rotatable bonds is 6. The SMILES string of the molecule is CCC(C)C(Nc1ccccc1OC)C(=O)O. The summed E-state index contributed by atoms with van der Waals surface area (Å²) in [7, 11) is 1.57. The maximum atomic E-state index is 11.2. The minimum atomic E-state index is -0.842. The molecule has 0 spiro atoms. The fourth-order valence-electron chi connectivity index (χ4n) is 1.61. The zero-order valence-electron chi connectivity index (χ0n) is 10.4. The normalized spacial score (nSPS) is 13.8. The number of benzene rings is 1. The Morgan fingerprint density at radius 2 is 2.12 bits per heavy atom. The van der Waals surface area contributed by atoms with Gasteiger partial charge in [0.25, 0.3) is 0 Å². The van der Waals surface area contributed by atoms with E-state index in [2.05, 4.69) is 5.32 Å². The number of carboxylic acid groups (broad SMARTS) is 1. The van der Waals surface area contributed by atoms with Gasteiger partial charge in [0.15, 0.2) is 0 Å². The van der Waals surface area contributed by atoms with Crippen LogP contribution in [-0.2, 0) is 4.79 Å². The van der Waals surface area contributed by atoms with Gasteiger partial charge >= 0.3 is 5.97 Å². The molecular weight excluding hydrogens is 218 g/mol. The first-order valence-electron chi connectivity index (χ1n) is 5.72. The van der Waals surface area contributed by atoms with Gasteiger partial charge in [0, 0.05) is 0 Å². The van der Waals surface area contributed by atoms with Gasteiger partial charge in [0.2, 0.25) is 0 Å². The second-order valence-corrected chi connectivity index (χ2v) is 4.05. The van der Waals surface area contributed by atoms with E-state index in [9.17, 15) is 9.90 Å². The van der Waals surface area contributed by atoms with Crippen LogP contribution in [0, 0.1) is 5.92 Å². The van der Waals surface area contributed by atoms with Crippen molar-refractivity contribution in [3.05, 3.63) is 24.3 Å². The van der Waals surface area contributed by atoms with Gasteiger partial charge in [-0.3, -0.25) is 0 Å². The lowest BCUT2D eigenvalue weighted by atomic mass is 9.99. The number of hydrogen-bond acceptors (Lipinski definition) is 3. The molecule has 0 bridgehead atoms. The summed E-state index contributed by atoms with van der Waals surface area (Å²) in [5, 5.41) is 12.2. The first kappa shape index (κ1) is 13.4. The second kappa shape index (κ2) is 6.13. The van der Waals surface area contributed by atoms with Gasteiger partial charge in [0.05, 0.1) is 12.8 Å². The molecule has 4 nitrogen and oxygen atoms in total. The van der Waals surface area contributed by atoms with Crippen molar-refractivity contribution in [2.45, 2.75) is 26.3 Å². The third-order valence-electron chi connectivity index (χ3n) is 2.90. The Hall–Kier alpha value is -1.71. The van der Waals surface area contributed by atoms with Crippen molar-refractivity contribution in [3.63, 3.8) is 0 Å². The molecule has 0 saturated carbocycles. The van der Waals surface area contributed by atoms with Gasteiger partial charge in [-0.25, -0.2) is 4.79 Å². The first-order valence-corrected chi connectivity index (χ1v) is 5.72. The Kier molecular flexibility index (Phi) is 4.82. The molecule has 1 aromatic carbocycles. The lowest BCUT2D eigenvalue weighted by Crippen LogP contribution is -2.35. The molecule has 17 heavy (non-hydrogen) atoms. The average Bonchev–Trinajstić information content (AvgIpc) is 2.35. The van der Waals surface area contributed by atoms with Crippen LogP contribution in [0.25, 0.3) is 0 Å². The molecule has 0 saturated heterocycles. The summed E-state index contributed by atoms with van der Waals surface area (Å²) in [4.78, 5) is 11.2. The molecule has 0 aliphatic rings. The van der Waals surface area contributed by atoms with E-state index in [-0.39, 0.29) is 5.92 Å². The lowest BCUT2D eigenvalue weighted by Gasteiger charge is -2.22. The standard InChI is InChI=1S/C13H19NO3/c1-4-9(2)12(13(15)16)14-10-7-5-6-8-11(10)17-3/h5-9,12,14H,4H2,1-3H3,(H,15,16). The van der Waals surface area contributed by atoms with Crippen LogP contribution in [0.1, 0.15) is 20.3 Å². The van der Waals surface area contributed by atoms with Gasteiger partial charge in [-0.05, 0) is 18.1 Å². The number of hydrogen-bond donors (Lipinski definition) is 2. The topological polar surface area (TPSA) is 58.6 Å². The largest absolute Gasteiger partial charge is 0.495 e. The molecule has 4 heteroatoms. The number of aliphatic carboxylic acids is 1. The Morgan fingerprint density at radius 1 is 1.47 bits per heavy atom. The van der Waals surface area contributed by atoms with Crippen molar-refractivity contribution >= 4 is 11.7 Å². The number of anilines is 1. The Bertz CT molecular complexity index is 379. The van der Waals surface area contributed by atoms with Crippen molar-refractivity contribution in [1.29, 1.82) is 0 Å². The summed E-state index contributed by atoms with van der Waals surface area (Å²) in [6, 6.07) is 6.72. The number of para-hydroxylation sites is 2. The highest BCUT2D eigenvalue weighted by atomic mass is 16.5. The summed E-state index contributed by atoms with van der Waals surface area (Å²) in [6.45, 7) is 3.89. The highest BCUT2D eigenvalue weighted by Gasteiger charge is 2.23. The summed E-state index contributed by atoms with van der Waals surface area (Å²) in [5.41, 5.74) is 0.711. The van der Waals surface area contributed by atoms with Crippen LogP contribution in [0.5, 0.6) is 5.75 Å². The molecule has 1 aromatic rings. The number of methoxy groups -OCH3 is 1. The fourth-order valence-corrected chi connectivity index (χ4v) is 1.61. The third kappa shape index (κ3) is 3.37. The van der Waals surface area contributed by atoms with E-state index < -0.39 is 12.0 Å². The maximum absolute atomic E-state index is 11.2. The number of nitrogens with one attached hydrogen (secondary N) is 1. The Balaban J connectivity index is 2.89. The van der Waals surface area contributed by atoms with Gasteiger partial charge in [-0.1, -0.05) is 32.4 Å². The molecule has 0 aliphatic carbocycles. The van der Waals surface area contributed by atoms with Crippen LogP contribution < -0.4 is 10.1 Å². The molecule has 0 radical (unpaired) electrons. The van der Waals surface area contributed by atoms with Crippen molar-refractivity contribution in [1.82, 2.24) is 0 Å². The van der Waals surface area contributed by atoms with E-state index in [1.165, 1.54) is 0 Å². The van der Waals surface area contributed by atoms with Gasteiger partial charge in [-0.15, -0.1) is 0 Å². The quantitative estimate of drug-likeness (QED) is 0.798. The van der Waals surface area contributed by atoms with Crippen LogP contribution in [0.15, 0.2) is 24.3 Å². The summed E-state index contributed by atoms with van der Waals surface area (Å²) in [6.07, 6.45) is 0.805. The predicted octanol–water partition coefficient (Wildman–Crippen LogP) is 2.61. The minimum absolute atomic E-state index is 0.0532. The van der Waals surface area contributed by atoms with Crippen molar-refractivity contribution in [2.75, 3.05) is 12.4 Å². The molecular formula is C13H19NO3. The van der Waals surface area contributed by atoms with Crippen molar-refractivity contribution in [3.8, 4) is 5.75 Å². The molecule has 2 unspecified atom stereocenters. The zero-order valence-corrected chi connectivity index (χ0v) is 10.4. The summed E-state index contributed by atoms with van der Waals surface area (Å²) < 4.78 is 5.18. The number of ether oxygens (including phenoxy) is 1. The molecule has 2 N–H and O–H groups in total. The second-order valence-electron chi connectivity index (χ2n) is 4.05. The Labute approximate surface area is 102 Å². The molecule has 94 valence electrons. The van der Waals surface area contributed by atoms with Crippen LogP contribution in [0.3, 0.4) is 0 Å². The predicted molar refractivity (Wildman–Crippen MR) is 67.5 cm³/mol. The van der Waals surface area contributed by atoms with E-state index >= 15 is 0 Å². The van der Waals surface area contributed by atoms with E-state index in [0.717, 1.165) is 6.42 Å². The Morgan fingerprint density at radius 3 is 2.65 bits per heavy atom. The van der Waals surface area contributed by atoms with Crippen LogP contribution in [-0.4, -0.2) is 24.2 Å². The third-order valence-corrected chi connectivity index (χ3v) is 2.90. The average molecular weight is 237 g/mol. The van der Waals surface area contributed by atoms with E-state index in [1.54, 1.807) is 13.2 Å². The van der Waals surface area contributed by atoms with Crippen LogP contribution >= 0.6 is 0 Å². The fraction of sp³-hybridized carbons (Fsp3) is 0.462. The van der Waals surface area contributed by atoms with E-state index in [0.29, 0.717) is 11.4 Å². The van der Waals surface area contributed by atoms with Crippen LogP contribution in [0.4, 0.5) is 5.69 Å². The lowest BCUT2D eigenvalue weighted by molar-refractivity contribution is -0.139. The highest BCUT2D eigenvalue weighted by molar-refractivity contribution is 5.78. The van der Waals surface area contributed by atoms with Gasteiger partial charge in [0.1, 0.15) is 11.8 Å². The van der Waals surface area contributed by atoms with Gasteiger partial charge in [-0.2, -0.15) is 0 Å². The van der Waals surface area contributed by atoms with E-state index in [1.807, 2.05) is 32.0 Å². The van der Waals surface area contributed by atoms with Crippen molar-refractivity contribution in [2.24, 2.45) is 5.92 Å². The summed E-state index contributed by atoms with van der Waals surface area (Å²) in [5.74, 6) is -0.135. The first-order chi connectivity index (χ1) is 8.10. The monoisotopic (exact) mass is 237 g/mol.